The summed E-state index contributed by atoms with van der Waals surface area (Å²) in [6, 6.07) is 0. The molecule has 0 aromatic carbocycles. The molecule has 30 saturated heterocycles. The van der Waals surface area contributed by atoms with Crippen molar-refractivity contribution in [1.82, 2.24) is 0 Å². The van der Waals surface area contributed by atoms with Crippen LogP contribution in [-0.2, 0) is 171 Å². The molecule has 30 aliphatic rings. The van der Waals surface area contributed by atoms with E-state index in [0.29, 0.717) is 0 Å². The molecule has 0 amide bonds. The number of methoxy groups -OCH3 is 20. The summed E-state index contributed by atoms with van der Waals surface area (Å²) in [4.78, 5) is 0. The van der Waals surface area contributed by atoms with Crippen LogP contribution in [-0.4, -0.2) is 461 Å². The first-order valence-corrected chi connectivity index (χ1v) is 35.8. The molecule has 0 saturated carbocycles. The van der Waals surface area contributed by atoms with Crippen molar-refractivity contribution >= 4 is 0 Å². The van der Waals surface area contributed by atoms with Gasteiger partial charge >= 0.3 is 0 Å². The predicted molar refractivity (Wildman–Crippen MR) is 357 cm³/mol. The lowest BCUT2D eigenvalue weighted by molar-refractivity contribution is -0.409. The Hall–Kier alpha value is -1.60. The monoisotopic (exact) mass is 1580 g/mol. The first kappa shape index (κ1) is 90.3. The Bertz CT molecular complexity index is 2330. The van der Waals surface area contributed by atoms with Crippen molar-refractivity contribution in [2.45, 2.75) is 246 Å². The van der Waals surface area contributed by atoms with Crippen LogP contribution in [0.25, 0.3) is 0 Å². The van der Waals surface area contributed by atoms with Crippen molar-refractivity contribution < 1.29 is 191 Å². The van der Waals surface area contributed by atoms with Gasteiger partial charge in [0.05, 0.1) is 52.9 Å². The second-order valence-corrected chi connectivity index (χ2v) is 26.9. The highest BCUT2D eigenvalue weighted by Gasteiger charge is 2.63. The van der Waals surface area contributed by atoms with Gasteiger partial charge in [0.25, 0.3) is 0 Å². The second-order valence-electron chi connectivity index (χ2n) is 26.9. The van der Waals surface area contributed by atoms with E-state index in [-0.39, 0.29) is 26.4 Å². The fourth-order valence-corrected chi connectivity index (χ4v) is 16.4. The third-order valence-corrected chi connectivity index (χ3v) is 21.5. The lowest BCUT2D eigenvalue weighted by Crippen LogP contribution is -2.70. The number of hydrogen-bond acceptors (Lipinski definition) is 40. The highest BCUT2D eigenvalue weighted by Crippen LogP contribution is 2.44. The Morgan fingerprint density at radius 2 is 0.269 bits per heavy atom. The van der Waals surface area contributed by atoms with Crippen LogP contribution in [0.4, 0.5) is 0 Å². The van der Waals surface area contributed by atoms with Crippen LogP contribution in [0.3, 0.4) is 0 Å². The minimum Gasteiger partial charge on any atom is -0.394 e. The van der Waals surface area contributed by atoms with Gasteiger partial charge in [0, 0.05) is 142 Å². The van der Waals surface area contributed by atoms with E-state index in [2.05, 4.69) is 0 Å². The normalized spacial score (nSPS) is 47.3. The number of ether oxygens (including phenoxy) is 36. The zero-order valence-corrected chi connectivity index (χ0v) is 65.2. The molecule has 40 heteroatoms. The molecule has 0 aromatic rings. The topological polar surface area (TPSA) is 413 Å². The first-order valence-electron chi connectivity index (χ1n) is 35.8. The minimum atomic E-state index is -1.40. The van der Waals surface area contributed by atoms with Crippen LogP contribution >= 0.6 is 0 Å². The van der Waals surface area contributed by atoms with Crippen LogP contribution < -0.4 is 0 Å². The largest absolute Gasteiger partial charge is 0.394 e. The van der Waals surface area contributed by atoms with Gasteiger partial charge in [0.15, 0.2) is 50.3 Å². The molecule has 0 radical (unpaired) electrons. The molecule has 0 spiro atoms. The van der Waals surface area contributed by atoms with Gasteiger partial charge in [-0.05, 0) is 0 Å². The molecule has 30 aliphatic heterocycles. The number of aliphatic hydroxyl groups excluding tert-OH is 4. The van der Waals surface area contributed by atoms with Crippen molar-refractivity contribution in [3.63, 3.8) is 0 Å². The molecular weight excluding hydrogens is 1460 g/mol. The minimum absolute atomic E-state index is 0.112. The SMILES string of the molecule is COC[C@H]1O[C@@H]2O[C@H]3[C@H](OC)[C@@H](OC)[C@@H](O[C@H]4[C@H](OC)[C@@H](OC)[C@@H](O[C@H]5[C@H](OC)[C@@H](OC)[C@@H](O[C@H]6[C@H](OC)[C@@H](OC)[C@@H](O[C@H]7[C@H](OC)[C@@H](OC)[C@@H](O[C@H]8[C@H](OC)[C@@H](OC)[C@@H](O[C@H]9[C@H](OC)[C@@H](OC)[C@@H](O[C@H]1[C@H](OC)[C@H]2OC)O[C@@H]9CO)O[C@@H]8CO)O[C@@H]7COC)O[C@@H]6COC)O[C@@H]5CO)O[C@@H]4CO)O[C@@H]3COC. The Labute approximate surface area is 629 Å². The van der Waals surface area contributed by atoms with Crippen molar-refractivity contribution in [2.24, 2.45) is 0 Å². The van der Waals surface area contributed by atoms with Gasteiger partial charge < -0.3 is 191 Å². The van der Waals surface area contributed by atoms with Gasteiger partial charge in [0.2, 0.25) is 0 Å². The predicted octanol–water partition coefficient (Wildman–Crippen LogP) is -4.32. The van der Waals surface area contributed by atoms with Crippen molar-refractivity contribution in [3.05, 3.63) is 0 Å². The van der Waals surface area contributed by atoms with Crippen LogP contribution in [0.1, 0.15) is 0 Å². The summed E-state index contributed by atoms with van der Waals surface area (Å²) in [5, 5.41) is 45.2. The van der Waals surface area contributed by atoms with Gasteiger partial charge in [-0.15, -0.1) is 0 Å². The summed E-state index contributed by atoms with van der Waals surface area (Å²) in [5.41, 5.74) is 0. The van der Waals surface area contributed by atoms with Crippen molar-refractivity contribution in [2.75, 3.05) is 195 Å². The van der Waals surface area contributed by atoms with Gasteiger partial charge in [-0.25, -0.2) is 0 Å². The maximum Gasteiger partial charge on any atom is 0.187 e. The van der Waals surface area contributed by atoms with Gasteiger partial charge in [-0.3, -0.25) is 0 Å². The smallest absolute Gasteiger partial charge is 0.187 e. The molecule has 632 valence electrons. The van der Waals surface area contributed by atoms with Gasteiger partial charge in [0.1, 0.15) is 195 Å². The second kappa shape index (κ2) is 43.6. The zero-order valence-electron chi connectivity index (χ0n) is 65.2. The molecule has 30 rings (SSSR count). The average Bonchev–Trinajstić information content (AvgIpc) is 0.760. The molecule has 30 heterocycles. The van der Waals surface area contributed by atoms with E-state index in [1.54, 1.807) is 0 Å². The van der Waals surface area contributed by atoms with Gasteiger partial charge in [-0.2, -0.15) is 0 Å². The van der Waals surface area contributed by atoms with Crippen LogP contribution in [0, 0.1) is 0 Å². The third-order valence-electron chi connectivity index (χ3n) is 21.5. The van der Waals surface area contributed by atoms with Gasteiger partial charge in [-0.1, -0.05) is 0 Å². The van der Waals surface area contributed by atoms with E-state index in [4.69, 9.17) is 171 Å². The summed E-state index contributed by atoms with van der Waals surface area (Å²) in [6.07, 6.45) is -46.7. The summed E-state index contributed by atoms with van der Waals surface area (Å²) in [6.45, 7) is -3.11. The summed E-state index contributed by atoms with van der Waals surface area (Å²) >= 11 is 0. The van der Waals surface area contributed by atoms with E-state index in [1.165, 1.54) is 142 Å². The van der Waals surface area contributed by atoms with E-state index < -0.39 is 272 Å². The molecule has 40 nitrogen and oxygen atoms in total. The average molecular weight is 1580 g/mol. The molecule has 108 heavy (non-hydrogen) atoms. The fourth-order valence-electron chi connectivity index (χ4n) is 16.4. The van der Waals surface area contributed by atoms with Crippen LogP contribution in [0.2, 0.25) is 0 Å². The lowest BCUT2D eigenvalue weighted by Gasteiger charge is -2.53. The molecule has 0 aromatic heterocycles. The third kappa shape index (κ3) is 19.0. The Morgan fingerprint density at radius 1 is 0.157 bits per heavy atom. The molecule has 0 aliphatic carbocycles. The molecule has 40 atom stereocenters. The Morgan fingerprint density at radius 3 is 0.370 bits per heavy atom. The molecule has 16 bridgehead atoms. The number of aliphatic hydroxyl groups is 4. The number of hydrogen-bond donors (Lipinski definition) is 4. The molecule has 30 fully saturated rings. The summed E-state index contributed by atoms with van der Waals surface area (Å²) in [5.74, 6) is 0. The van der Waals surface area contributed by atoms with E-state index in [9.17, 15) is 20.4 Å². The van der Waals surface area contributed by atoms with E-state index in [1.807, 2.05) is 0 Å². The molecule has 4 N–H and O–H groups in total. The van der Waals surface area contributed by atoms with E-state index in [0.717, 1.165) is 0 Å². The first-order chi connectivity index (χ1) is 52.5. The Balaban J connectivity index is 1.10. The highest BCUT2D eigenvalue weighted by molar-refractivity contribution is 5.05. The fraction of sp³-hybridized carbons (Fsp3) is 1.00. The highest BCUT2D eigenvalue weighted by atomic mass is 16.8. The summed E-state index contributed by atoms with van der Waals surface area (Å²) < 4.78 is 231. The van der Waals surface area contributed by atoms with Crippen molar-refractivity contribution in [3.8, 4) is 0 Å². The summed E-state index contributed by atoms with van der Waals surface area (Å²) in [7, 11) is 28.8. The quantitative estimate of drug-likeness (QED) is 0.0575. The van der Waals surface area contributed by atoms with E-state index >= 15 is 0 Å². The van der Waals surface area contributed by atoms with Crippen LogP contribution in [0.15, 0.2) is 0 Å². The lowest BCUT2D eigenvalue weighted by atomic mass is 9.94. The maximum atomic E-state index is 11.3. The standard InChI is InChI=1S/C68H120O40/c1-73-25-33-41-49(81-9)59(91-19)67(99-33)107-43-35(27-75-3)97-65(57(89-17)51(43)83-11)103-39-31(23-71)94-62(54(86-14)47(39)79-7)102-38-30(22-70)96-64(56(88-16)46(38)78-6)106-42-34(26-74-2)100-68(60(92-20)50(42)82-10)108-44-36(28-76-4)98-66(58(90-18)52(44)84-12)104-40-32(24-72)93-61(53(85-13)48(40)80-8)101-37-29(21-69)95-63(105-41)55(87-15)45(37)77-5/h29-72H,21-28H2,1-20H3/t29-,30-,31-,32-,33-,34-,35-,36-,37-,38-,39-,40-,41-,42-,43-,44-,45+,46+,47+,48+,49+,50+,51+,52+,53-,54-,55-,56-,57-,58-,59-,60-,61-,62-,63-,64-,65-,66-,67-,68-/m1/s1. The van der Waals surface area contributed by atoms with Crippen LogP contribution in [0.5, 0.6) is 0 Å². The zero-order chi connectivity index (χ0) is 78.2. The molecular formula is C68H120O40. The Kier molecular flexibility index (Phi) is 36.4. The van der Waals surface area contributed by atoms with Crippen molar-refractivity contribution in [1.29, 1.82) is 0 Å². The maximum absolute atomic E-state index is 11.3. The number of rotatable bonds is 28. The molecule has 0 unspecified atom stereocenters.